The Balaban J connectivity index is 2.06. The molecule has 1 aromatic carbocycles. The van der Waals surface area contributed by atoms with Crippen molar-refractivity contribution in [2.45, 2.75) is 19.4 Å². The van der Waals surface area contributed by atoms with E-state index >= 15 is 0 Å². The van der Waals surface area contributed by atoms with Crippen molar-refractivity contribution < 1.29 is 9.53 Å². The molecule has 1 saturated heterocycles. The van der Waals surface area contributed by atoms with Crippen molar-refractivity contribution in [2.24, 2.45) is 5.92 Å². The summed E-state index contributed by atoms with van der Waals surface area (Å²) in [7, 11) is 0. The fourth-order valence-corrected chi connectivity index (χ4v) is 1.92. The molecule has 88 valence electrons. The van der Waals surface area contributed by atoms with Crippen molar-refractivity contribution in [3.05, 3.63) is 29.8 Å². The number of nitriles is 1. The second-order valence-corrected chi connectivity index (χ2v) is 4.22. The highest BCUT2D eigenvalue weighted by atomic mass is 16.5. The predicted molar refractivity (Wildman–Crippen MR) is 63.3 cm³/mol. The Hall–Kier alpha value is -1.86. The zero-order chi connectivity index (χ0) is 12.3. The van der Waals surface area contributed by atoms with E-state index < -0.39 is 0 Å². The lowest BCUT2D eigenvalue weighted by molar-refractivity contribution is -0.119. The standard InChI is InChI=1S/C13H14N2O2/c1-9-6-11(8-17-9)13(16)15-12-5-3-2-4-10(12)7-14/h2-5,9,11H,6,8H2,1H3,(H,15,16). The Morgan fingerprint density at radius 2 is 2.29 bits per heavy atom. The topological polar surface area (TPSA) is 62.1 Å². The third-order valence-electron chi connectivity index (χ3n) is 2.87. The minimum atomic E-state index is -0.114. The van der Waals surface area contributed by atoms with Gasteiger partial charge in [0.1, 0.15) is 6.07 Å². The van der Waals surface area contributed by atoms with Gasteiger partial charge in [-0.1, -0.05) is 12.1 Å². The lowest BCUT2D eigenvalue weighted by Gasteiger charge is -2.10. The van der Waals surface area contributed by atoms with Gasteiger partial charge in [0.15, 0.2) is 0 Å². The number of ether oxygens (including phenoxy) is 1. The van der Waals surface area contributed by atoms with Gasteiger partial charge in [-0.15, -0.1) is 0 Å². The van der Waals surface area contributed by atoms with Crippen LogP contribution < -0.4 is 5.32 Å². The van der Waals surface area contributed by atoms with Crippen molar-refractivity contribution in [2.75, 3.05) is 11.9 Å². The van der Waals surface area contributed by atoms with E-state index in [0.29, 0.717) is 17.9 Å². The van der Waals surface area contributed by atoms with Crippen LogP contribution in [0.15, 0.2) is 24.3 Å². The molecular formula is C13H14N2O2. The van der Waals surface area contributed by atoms with Gasteiger partial charge in [-0.25, -0.2) is 0 Å². The van der Waals surface area contributed by atoms with Crippen molar-refractivity contribution in [1.82, 2.24) is 0 Å². The van der Waals surface area contributed by atoms with E-state index in [4.69, 9.17) is 10.00 Å². The highest BCUT2D eigenvalue weighted by Gasteiger charge is 2.28. The summed E-state index contributed by atoms with van der Waals surface area (Å²) < 4.78 is 5.35. The number of anilines is 1. The Labute approximate surface area is 100 Å². The van der Waals surface area contributed by atoms with Gasteiger partial charge >= 0.3 is 0 Å². The number of carbonyl (C=O) groups excluding carboxylic acids is 1. The lowest BCUT2D eigenvalue weighted by Crippen LogP contribution is -2.23. The highest BCUT2D eigenvalue weighted by molar-refractivity contribution is 5.94. The molecule has 1 aromatic rings. The maximum absolute atomic E-state index is 11.9. The zero-order valence-corrected chi connectivity index (χ0v) is 9.64. The van der Waals surface area contributed by atoms with Crippen LogP contribution in [0.3, 0.4) is 0 Å². The van der Waals surface area contributed by atoms with Crippen LogP contribution in [-0.2, 0) is 9.53 Å². The summed E-state index contributed by atoms with van der Waals surface area (Å²) in [6, 6.07) is 9.04. The van der Waals surface area contributed by atoms with Gasteiger partial charge in [0, 0.05) is 0 Å². The van der Waals surface area contributed by atoms with Crippen LogP contribution in [0.4, 0.5) is 5.69 Å². The second kappa shape index (κ2) is 4.98. The molecule has 1 amide bonds. The van der Waals surface area contributed by atoms with E-state index in [2.05, 4.69) is 11.4 Å². The lowest BCUT2D eigenvalue weighted by atomic mass is 10.1. The number of carbonyl (C=O) groups is 1. The largest absolute Gasteiger partial charge is 0.378 e. The first-order valence-electron chi connectivity index (χ1n) is 5.62. The second-order valence-electron chi connectivity index (χ2n) is 4.22. The summed E-state index contributed by atoms with van der Waals surface area (Å²) in [5.41, 5.74) is 1.05. The highest BCUT2D eigenvalue weighted by Crippen LogP contribution is 2.22. The van der Waals surface area contributed by atoms with E-state index in [1.54, 1.807) is 24.3 Å². The van der Waals surface area contributed by atoms with Gasteiger partial charge in [0.05, 0.1) is 29.9 Å². The molecule has 0 aromatic heterocycles. The number of benzene rings is 1. The third-order valence-corrected chi connectivity index (χ3v) is 2.87. The molecule has 1 fully saturated rings. The first-order chi connectivity index (χ1) is 8.20. The van der Waals surface area contributed by atoms with Gasteiger partial charge in [-0.3, -0.25) is 4.79 Å². The number of para-hydroxylation sites is 1. The fraction of sp³-hybridized carbons (Fsp3) is 0.385. The van der Waals surface area contributed by atoms with Gasteiger partial charge < -0.3 is 10.1 Å². The Bertz CT molecular complexity index is 465. The number of hydrogen-bond donors (Lipinski definition) is 1. The van der Waals surface area contributed by atoms with Crippen molar-refractivity contribution in [1.29, 1.82) is 5.26 Å². The number of rotatable bonds is 2. The molecule has 1 N–H and O–H groups in total. The number of amides is 1. The number of hydrogen-bond acceptors (Lipinski definition) is 3. The molecule has 0 radical (unpaired) electrons. The monoisotopic (exact) mass is 230 g/mol. The van der Waals surface area contributed by atoms with Gasteiger partial charge in [0.25, 0.3) is 0 Å². The number of nitrogens with one attached hydrogen (secondary N) is 1. The summed E-state index contributed by atoms with van der Waals surface area (Å²) in [6.45, 7) is 2.41. The third kappa shape index (κ3) is 2.63. The first kappa shape index (κ1) is 11.6. The quantitative estimate of drug-likeness (QED) is 0.844. The van der Waals surface area contributed by atoms with Crippen LogP contribution in [0.2, 0.25) is 0 Å². The average Bonchev–Trinajstić information content (AvgIpc) is 2.77. The average molecular weight is 230 g/mol. The van der Waals surface area contributed by atoms with Gasteiger partial charge in [-0.2, -0.15) is 5.26 Å². The first-order valence-corrected chi connectivity index (χ1v) is 5.62. The fourth-order valence-electron chi connectivity index (χ4n) is 1.92. The SMILES string of the molecule is CC1CC(C(=O)Nc2ccccc2C#N)CO1. The van der Waals surface area contributed by atoms with Gasteiger partial charge in [-0.05, 0) is 25.5 Å². The van der Waals surface area contributed by atoms with Crippen LogP contribution in [0, 0.1) is 17.2 Å². The molecule has 17 heavy (non-hydrogen) atoms. The van der Waals surface area contributed by atoms with E-state index in [9.17, 15) is 4.79 Å². The van der Waals surface area contributed by atoms with Crippen LogP contribution >= 0.6 is 0 Å². The molecule has 1 aliphatic heterocycles. The Morgan fingerprint density at radius 1 is 1.53 bits per heavy atom. The van der Waals surface area contributed by atoms with Gasteiger partial charge in [0.2, 0.25) is 5.91 Å². The van der Waals surface area contributed by atoms with E-state index in [-0.39, 0.29) is 17.9 Å². The zero-order valence-electron chi connectivity index (χ0n) is 9.64. The van der Waals surface area contributed by atoms with Crippen molar-refractivity contribution in [3.8, 4) is 6.07 Å². The summed E-state index contributed by atoms with van der Waals surface area (Å²) in [5.74, 6) is -0.186. The summed E-state index contributed by atoms with van der Waals surface area (Å²) >= 11 is 0. The molecule has 0 spiro atoms. The van der Waals surface area contributed by atoms with Crippen molar-refractivity contribution in [3.63, 3.8) is 0 Å². The molecule has 0 saturated carbocycles. The Morgan fingerprint density at radius 3 is 2.94 bits per heavy atom. The molecule has 0 aliphatic carbocycles. The maximum Gasteiger partial charge on any atom is 0.229 e. The van der Waals surface area contributed by atoms with Crippen LogP contribution in [0.5, 0.6) is 0 Å². The Kier molecular flexibility index (Phi) is 3.40. The molecule has 2 unspecified atom stereocenters. The normalized spacial score (nSPS) is 23.1. The van der Waals surface area contributed by atoms with E-state index in [0.717, 1.165) is 6.42 Å². The van der Waals surface area contributed by atoms with E-state index in [1.807, 2.05) is 6.92 Å². The molecule has 4 heteroatoms. The molecule has 1 heterocycles. The van der Waals surface area contributed by atoms with E-state index in [1.165, 1.54) is 0 Å². The van der Waals surface area contributed by atoms with Crippen molar-refractivity contribution >= 4 is 11.6 Å². The summed E-state index contributed by atoms with van der Waals surface area (Å²) in [5, 5.41) is 11.7. The molecule has 4 nitrogen and oxygen atoms in total. The maximum atomic E-state index is 11.9. The predicted octanol–water partition coefficient (Wildman–Crippen LogP) is 1.92. The van der Waals surface area contributed by atoms with Crippen LogP contribution in [0.1, 0.15) is 18.9 Å². The summed E-state index contributed by atoms with van der Waals surface area (Å²) in [4.78, 5) is 11.9. The molecule has 2 atom stereocenters. The smallest absolute Gasteiger partial charge is 0.229 e. The minimum Gasteiger partial charge on any atom is -0.378 e. The van der Waals surface area contributed by atoms with Crippen LogP contribution in [-0.4, -0.2) is 18.6 Å². The minimum absolute atomic E-state index is 0.0722. The summed E-state index contributed by atoms with van der Waals surface area (Å²) in [6.07, 6.45) is 0.873. The van der Waals surface area contributed by atoms with Crippen LogP contribution in [0.25, 0.3) is 0 Å². The molecule has 1 aliphatic rings. The molecule has 2 rings (SSSR count). The molecular weight excluding hydrogens is 216 g/mol. The molecule has 0 bridgehead atoms. The number of nitrogens with zero attached hydrogens (tertiary/aromatic N) is 1.